The van der Waals surface area contributed by atoms with Crippen molar-refractivity contribution in [3.05, 3.63) is 41.4 Å². The van der Waals surface area contributed by atoms with Gasteiger partial charge in [-0.1, -0.05) is 35.9 Å². The van der Waals surface area contributed by atoms with Gasteiger partial charge in [-0.25, -0.2) is 4.99 Å². The third-order valence-electron chi connectivity index (χ3n) is 2.10. The smallest absolute Gasteiger partial charge is 0.191 e. The van der Waals surface area contributed by atoms with E-state index in [2.05, 4.69) is 4.99 Å². The van der Waals surface area contributed by atoms with Crippen molar-refractivity contribution in [1.82, 2.24) is 0 Å². The third kappa shape index (κ3) is 1.87. The molecule has 76 valence electrons. The molecule has 2 rings (SSSR count). The lowest BCUT2D eigenvalue weighted by Crippen LogP contribution is -2.21. The third-order valence-corrected chi connectivity index (χ3v) is 2.43. The predicted octanol–water partition coefficient (Wildman–Crippen LogP) is 2.40. The molecule has 15 heavy (non-hydrogen) atoms. The number of hydrogen-bond donors (Lipinski definition) is 2. The van der Waals surface area contributed by atoms with Gasteiger partial charge in [0.25, 0.3) is 0 Å². The minimum atomic E-state index is 0.0440. The summed E-state index contributed by atoms with van der Waals surface area (Å²) in [5, 5.41) is 2.58. The van der Waals surface area contributed by atoms with Crippen molar-refractivity contribution in [2.75, 3.05) is 0 Å². The van der Waals surface area contributed by atoms with E-state index in [1.807, 2.05) is 24.3 Å². The Morgan fingerprint density at radius 3 is 2.33 bits per heavy atom. The Morgan fingerprint density at radius 1 is 1.00 bits per heavy atom. The Labute approximate surface area is 92.4 Å². The first kappa shape index (κ1) is 9.80. The van der Waals surface area contributed by atoms with Crippen LogP contribution in [0.25, 0.3) is 10.8 Å². The Hall–Kier alpha value is -1.74. The summed E-state index contributed by atoms with van der Waals surface area (Å²) in [6.45, 7) is 0. The monoisotopic (exact) mass is 219 g/mol. The quantitative estimate of drug-likeness (QED) is 0.572. The molecule has 0 unspecified atom stereocenters. The molecule has 0 spiro atoms. The number of nitrogens with zero attached hydrogens (tertiary/aromatic N) is 1. The summed E-state index contributed by atoms with van der Waals surface area (Å²) >= 11 is 6.05. The number of hydrogen-bond acceptors (Lipinski definition) is 1. The van der Waals surface area contributed by atoms with Gasteiger partial charge in [-0.05, 0) is 12.1 Å². The summed E-state index contributed by atoms with van der Waals surface area (Å²) in [6, 6.07) is 11.3. The second-order valence-corrected chi connectivity index (χ2v) is 3.56. The SMILES string of the molecule is NC(N)=Nc1ccc(Cl)c2ccccc12. The van der Waals surface area contributed by atoms with Gasteiger partial charge in [-0.15, -0.1) is 0 Å². The fraction of sp³-hybridized carbons (Fsp3) is 0. The minimum absolute atomic E-state index is 0.0440. The molecular formula is C11H10ClN3. The van der Waals surface area contributed by atoms with Gasteiger partial charge >= 0.3 is 0 Å². The van der Waals surface area contributed by atoms with Crippen molar-refractivity contribution < 1.29 is 0 Å². The van der Waals surface area contributed by atoms with E-state index in [0.717, 1.165) is 16.5 Å². The summed E-state index contributed by atoms with van der Waals surface area (Å²) in [4.78, 5) is 4.04. The van der Waals surface area contributed by atoms with Crippen molar-refractivity contribution in [1.29, 1.82) is 0 Å². The molecule has 0 heterocycles. The maximum Gasteiger partial charge on any atom is 0.191 e. The van der Waals surface area contributed by atoms with Crippen molar-refractivity contribution in [2.45, 2.75) is 0 Å². The molecule has 0 saturated heterocycles. The number of halogens is 1. The van der Waals surface area contributed by atoms with Crippen LogP contribution in [0.4, 0.5) is 5.69 Å². The van der Waals surface area contributed by atoms with Crippen LogP contribution < -0.4 is 11.5 Å². The van der Waals surface area contributed by atoms with Crippen LogP contribution in [0.2, 0.25) is 5.02 Å². The van der Waals surface area contributed by atoms with Gasteiger partial charge in [0.2, 0.25) is 0 Å². The first-order valence-corrected chi connectivity index (χ1v) is 4.83. The fourth-order valence-electron chi connectivity index (χ4n) is 1.48. The summed E-state index contributed by atoms with van der Waals surface area (Å²) in [5.41, 5.74) is 11.4. The molecule has 0 saturated carbocycles. The molecular weight excluding hydrogens is 210 g/mol. The maximum absolute atomic E-state index is 6.05. The van der Waals surface area contributed by atoms with Crippen LogP contribution >= 0.6 is 11.6 Å². The van der Waals surface area contributed by atoms with Gasteiger partial charge in [0.15, 0.2) is 5.96 Å². The van der Waals surface area contributed by atoms with Crippen LogP contribution in [-0.4, -0.2) is 5.96 Å². The van der Waals surface area contributed by atoms with Gasteiger partial charge in [0.05, 0.1) is 5.69 Å². The standard InChI is InChI=1S/C11H10ClN3/c12-9-5-6-10(15-11(13)14)8-4-2-1-3-7(8)9/h1-6H,(H4,13,14,15). The lowest BCUT2D eigenvalue weighted by atomic mass is 10.1. The van der Waals surface area contributed by atoms with E-state index < -0.39 is 0 Å². The summed E-state index contributed by atoms with van der Waals surface area (Å²) in [5.74, 6) is 0.0440. The lowest BCUT2D eigenvalue weighted by molar-refractivity contribution is 1.44. The molecule has 2 aromatic carbocycles. The summed E-state index contributed by atoms with van der Waals surface area (Å²) in [7, 11) is 0. The van der Waals surface area contributed by atoms with Crippen LogP contribution in [-0.2, 0) is 0 Å². The van der Waals surface area contributed by atoms with E-state index in [1.54, 1.807) is 12.1 Å². The summed E-state index contributed by atoms with van der Waals surface area (Å²) < 4.78 is 0. The molecule has 0 aliphatic carbocycles. The number of fused-ring (bicyclic) bond motifs is 1. The molecule has 0 amide bonds. The van der Waals surface area contributed by atoms with Crippen LogP contribution in [0, 0.1) is 0 Å². The Balaban J connectivity index is 2.77. The molecule has 0 bridgehead atoms. The fourth-order valence-corrected chi connectivity index (χ4v) is 1.71. The second-order valence-electron chi connectivity index (χ2n) is 3.15. The van der Waals surface area contributed by atoms with E-state index in [0.29, 0.717) is 5.02 Å². The van der Waals surface area contributed by atoms with Gasteiger partial charge in [-0.3, -0.25) is 0 Å². The van der Waals surface area contributed by atoms with E-state index in [-0.39, 0.29) is 5.96 Å². The zero-order valence-corrected chi connectivity index (χ0v) is 8.70. The molecule has 4 N–H and O–H groups in total. The first-order chi connectivity index (χ1) is 7.18. The van der Waals surface area contributed by atoms with Crippen molar-refractivity contribution in [3.63, 3.8) is 0 Å². The Bertz CT molecular complexity index is 530. The Kier molecular flexibility index (Phi) is 2.47. The number of rotatable bonds is 1. The van der Waals surface area contributed by atoms with Crippen LogP contribution in [0.1, 0.15) is 0 Å². The average molecular weight is 220 g/mol. The van der Waals surface area contributed by atoms with E-state index in [4.69, 9.17) is 23.1 Å². The highest BCUT2D eigenvalue weighted by molar-refractivity contribution is 6.36. The van der Waals surface area contributed by atoms with E-state index in [9.17, 15) is 0 Å². The molecule has 3 nitrogen and oxygen atoms in total. The predicted molar refractivity (Wildman–Crippen MR) is 64.4 cm³/mol. The first-order valence-electron chi connectivity index (χ1n) is 4.45. The van der Waals surface area contributed by atoms with E-state index in [1.165, 1.54) is 0 Å². The highest BCUT2D eigenvalue weighted by Gasteiger charge is 2.02. The molecule has 2 aromatic rings. The molecule has 0 radical (unpaired) electrons. The second kappa shape index (κ2) is 3.79. The maximum atomic E-state index is 6.05. The van der Waals surface area contributed by atoms with Crippen LogP contribution in [0.15, 0.2) is 41.4 Å². The molecule has 4 heteroatoms. The molecule has 0 atom stereocenters. The van der Waals surface area contributed by atoms with Crippen molar-refractivity contribution >= 4 is 34.0 Å². The van der Waals surface area contributed by atoms with Gasteiger partial charge in [-0.2, -0.15) is 0 Å². The molecule has 0 fully saturated rings. The zero-order chi connectivity index (χ0) is 10.8. The number of guanidine groups is 1. The van der Waals surface area contributed by atoms with E-state index >= 15 is 0 Å². The number of aliphatic imine (C=N–C) groups is 1. The van der Waals surface area contributed by atoms with Crippen LogP contribution in [0.5, 0.6) is 0 Å². The zero-order valence-electron chi connectivity index (χ0n) is 7.94. The normalized spacial score (nSPS) is 10.2. The molecule has 0 aliphatic rings. The molecule has 0 aliphatic heterocycles. The van der Waals surface area contributed by atoms with Crippen LogP contribution in [0.3, 0.4) is 0 Å². The average Bonchev–Trinajstić information content (AvgIpc) is 2.22. The Morgan fingerprint density at radius 2 is 1.67 bits per heavy atom. The van der Waals surface area contributed by atoms with Crippen molar-refractivity contribution in [3.8, 4) is 0 Å². The largest absolute Gasteiger partial charge is 0.370 e. The minimum Gasteiger partial charge on any atom is -0.370 e. The molecule has 0 aromatic heterocycles. The van der Waals surface area contributed by atoms with Gasteiger partial charge < -0.3 is 11.5 Å². The highest BCUT2D eigenvalue weighted by atomic mass is 35.5. The topological polar surface area (TPSA) is 64.4 Å². The van der Waals surface area contributed by atoms with Gasteiger partial charge in [0.1, 0.15) is 0 Å². The van der Waals surface area contributed by atoms with Crippen molar-refractivity contribution in [2.24, 2.45) is 16.5 Å². The highest BCUT2D eigenvalue weighted by Crippen LogP contribution is 2.31. The number of benzene rings is 2. The van der Waals surface area contributed by atoms with Gasteiger partial charge in [0, 0.05) is 15.8 Å². The lowest BCUT2D eigenvalue weighted by Gasteiger charge is -2.03. The summed E-state index contributed by atoms with van der Waals surface area (Å²) in [6.07, 6.45) is 0. The number of nitrogens with two attached hydrogens (primary N) is 2.